The molecule has 2 N–H and O–H groups in total. The van der Waals surface area contributed by atoms with Crippen LogP contribution < -0.4 is 10.6 Å². The number of aryl methyl sites for hydroxylation is 1. The molecule has 1 aromatic carbocycles. The number of piperazine rings is 1. The number of carbonyl (C=O) groups excluding carboxylic acids is 1. The van der Waals surface area contributed by atoms with Crippen LogP contribution in [0.3, 0.4) is 0 Å². The van der Waals surface area contributed by atoms with E-state index in [1.165, 1.54) is 11.1 Å². The van der Waals surface area contributed by atoms with E-state index in [-0.39, 0.29) is 24.4 Å². The second-order valence-electron chi connectivity index (χ2n) is 6.12. The summed E-state index contributed by atoms with van der Waals surface area (Å²) in [5.74, 6) is 0.129. The third kappa shape index (κ3) is 5.59. The van der Waals surface area contributed by atoms with Crippen molar-refractivity contribution in [1.82, 2.24) is 15.5 Å². The van der Waals surface area contributed by atoms with Crippen molar-refractivity contribution in [2.45, 2.75) is 39.3 Å². The van der Waals surface area contributed by atoms with Crippen LogP contribution in [0.5, 0.6) is 0 Å². The van der Waals surface area contributed by atoms with Crippen LogP contribution in [0.25, 0.3) is 0 Å². The Hall–Kier alpha value is -1.10. The Bertz CT molecular complexity index is 481. The molecule has 124 valence electrons. The summed E-state index contributed by atoms with van der Waals surface area (Å²) in [6, 6.07) is 8.95. The van der Waals surface area contributed by atoms with Gasteiger partial charge in [-0.25, -0.2) is 0 Å². The molecular formula is C17H28ClN3O. The molecule has 2 rings (SSSR count). The number of benzene rings is 1. The molecule has 0 spiro atoms. The molecule has 0 aliphatic carbocycles. The molecule has 5 heteroatoms. The lowest BCUT2D eigenvalue weighted by molar-refractivity contribution is -0.123. The summed E-state index contributed by atoms with van der Waals surface area (Å²) in [7, 11) is 0. The minimum atomic E-state index is 0. The lowest BCUT2D eigenvalue weighted by Gasteiger charge is -2.33. The molecule has 0 saturated carbocycles. The largest absolute Gasteiger partial charge is 0.352 e. The van der Waals surface area contributed by atoms with Gasteiger partial charge >= 0.3 is 0 Å². The normalized spacial score (nSPS) is 20.0. The zero-order chi connectivity index (χ0) is 15.2. The van der Waals surface area contributed by atoms with Crippen molar-refractivity contribution >= 4 is 18.3 Å². The Kier molecular flexibility index (Phi) is 7.87. The quantitative estimate of drug-likeness (QED) is 0.867. The maximum Gasteiger partial charge on any atom is 0.234 e. The molecule has 1 unspecified atom stereocenters. The van der Waals surface area contributed by atoms with E-state index < -0.39 is 0 Å². The first kappa shape index (κ1) is 18.9. The van der Waals surface area contributed by atoms with Gasteiger partial charge in [-0.2, -0.15) is 0 Å². The molecule has 1 amide bonds. The average molecular weight is 326 g/mol. The van der Waals surface area contributed by atoms with E-state index in [9.17, 15) is 4.79 Å². The Morgan fingerprint density at radius 3 is 2.86 bits per heavy atom. The fourth-order valence-corrected chi connectivity index (χ4v) is 2.84. The molecule has 0 bridgehead atoms. The Balaban J connectivity index is 0.00000242. The van der Waals surface area contributed by atoms with Gasteiger partial charge in [0, 0.05) is 31.7 Å². The van der Waals surface area contributed by atoms with Crippen molar-refractivity contribution in [2.24, 2.45) is 0 Å². The van der Waals surface area contributed by atoms with Crippen molar-refractivity contribution in [1.29, 1.82) is 0 Å². The zero-order valence-corrected chi connectivity index (χ0v) is 14.6. The van der Waals surface area contributed by atoms with Gasteiger partial charge in [-0.1, -0.05) is 24.3 Å². The molecule has 0 aromatic heterocycles. The molecule has 1 saturated heterocycles. The van der Waals surface area contributed by atoms with E-state index in [0.29, 0.717) is 12.6 Å². The number of nitrogens with one attached hydrogen (secondary N) is 2. The lowest BCUT2D eigenvalue weighted by atomic mass is 10.0. The highest BCUT2D eigenvalue weighted by Gasteiger charge is 2.20. The van der Waals surface area contributed by atoms with Crippen LogP contribution in [-0.4, -0.2) is 49.1 Å². The molecule has 1 aliphatic heterocycles. The number of rotatable bonds is 5. The van der Waals surface area contributed by atoms with Gasteiger partial charge in [-0.05, 0) is 38.3 Å². The predicted octanol–water partition coefficient (Wildman–Crippen LogP) is 1.76. The monoisotopic (exact) mass is 325 g/mol. The van der Waals surface area contributed by atoms with Gasteiger partial charge in [0.05, 0.1) is 6.54 Å². The van der Waals surface area contributed by atoms with Crippen LogP contribution >= 0.6 is 12.4 Å². The van der Waals surface area contributed by atoms with Gasteiger partial charge < -0.3 is 10.6 Å². The lowest BCUT2D eigenvalue weighted by Crippen LogP contribution is -2.53. The summed E-state index contributed by atoms with van der Waals surface area (Å²) in [6.07, 6.45) is 0.884. The van der Waals surface area contributed by atoms with Crippen LogP contribution in [0.2, 0.25) is 0 Å². The molecule has 1 aromatic rings. The Morgan fingerprint density at radius 1 is 1.45 bits per heavy atom. The van der Waals surface area contributed by atoms with Gasteiger partial charge in [0.1, 0.15) is 0 Å². The first-order valence-corrected chi connectivity index (χ1v) is 7.85. The van der Waals surface area contributed by atoms with Crippen LogP contribution in [0.1, 0.15) is 25.0 Å². The number of halogens is 1. The number of amides is 1. The zero-order valence-electron chi connectivity index (χ0n) is 13.8. The molecule has 1 aliphatic rings. The number of nitrogens with zero attached hydrogens (tertiary/aromatic N) is 1. The fourth-order valence-electron chi connectivity index (χ4n) is 2.84. The molecule has 4 nitrogen and oxygen atoms in total. The first-order valence-electron chi connectivity index (χ1n) is 7.85. The van der Waals surface area contributed by atoms with Gasteiger partial charge in [0.25, 0.3) is 0 Å². The number of hydrogen-bond acceptors (Lipinski definition) is 3. The van der Waals surface area contributed by atoms with Gasteiger partial charge in [0.15, 0.2) is 0 Å². The van der Waals surface area contributed by atoms with Crippen LogP contribution in [-0.2, 0) is 11.2 Å². The molecule has 1 heterocycles. The molecule has 22 heavy (non-hydrogen) atoms. The van der Waals surface area contributed by atoms with E-state index in [1.54, 1.807) is 0 Å². The smallest absolute Gasteiger partial charge is 0.234 e. The molecule has 1 fully saturated rings. The second-order valence-corrected chi connectivity index (χ2v) is 6.12. The van der Waals surface area contributed by atoms with E-state index in [2.05, 4.69) is 54.5 Å². The summed E-state index contributed by atoms with van der Waals surface area (Å²) in [4.78, 5) is 14.4. The molecule has 2 atom stereocenters. The van der Waals surface area contributed by atoms with Crippen molar-refractivity contribution in [3.63, 3.8) is 0 Å². The summed E-state index contributed by atoms with van der Waals surface area (Å²) in [5, 5.41) is 6.47. The standard InChI is InChI=1S/C17H27N3O.ClH/c1-13-6-4-5-7-16(13)10-14(2)19-17(21)12-20-9-8-18-11-15(20)3;/h4-7,14-15,18H,8-12H2,1-3H3,(H,19,21);1H/t14?,15-;/m1./s1. The van der Waals surface area contributed by atoms with Crippen molar-refractivity contribution in [3.05, 3.63) is 35.4 Å². The predicted molar refractivity (Wildman–Crippen MR) is 93.6 cm³/mol. The minimum Gasteiger partial charge on any atom is -0.352 e. The van der Waals surface area contributed by atoms with E-state index in [0.717, 1.165) is 26.1 Å². The summed E-state index contributed by atoms with van der Waals surface area (Å²) >= 11 is 0. The number of carbonyl (C=O) groups is 1. The van der Waals surface area contributed by atoms with Crippen LogP contribution in [0, 0.1) is 6.92 Å². The van der Waals surface area contributed by atoms with Crippen molar-refractivity contribution in [2.75, 3.05) is 26.2 Å². The molecular weight excluding hydrogens is 298 g/mol. The van der Waals surface area contributed by atoms with E-state index >= 15 is 0 Å². The van der Waals surface area contributed by atoms with E-state index in [4.69, 9.17) is 0 Å². The third-order valence-corrected chi connectivity index (χ3v) is 4.18. The van der Waals surface area contributed by atoms with Gasteiger partial charge in [-0.15, -0.1) is 12.4 Å². The van der Waals surface area contributed by atoms with Crippen LogP contribution in [0.15, 0.2) is 24.3 Å². The van der Waals surface area contributed by atoms with Crippen molar-refractivity contribution in [3.8, 4) is 0 Å². The highest BCUT2D eigenvalue weighted by molar-refractivity contribution is 5.85. The Labute approximate surface area is 140 Å². The third-order valence-electron chi connectivity index (χ3n) is 4.18. The summed E-state index contributed by atoms with van der Waals surface area (Å²) in [5.41, 5.74) is 2.59. The molecule has 0 radical (unpaired) electrons. The average Bonchev–Trinajstić information content (AvgIpc) is 2.44. The first-order chi connectivity index (χ1) is 10.1. The van der Waals surface area contributed by atoms with E-state index in [1.807, 2.05) is 6.07 Å². The fraction of sp³-hybridized carbons (Fsp3) is 0.588. The minimum absolute atomic E-state index is 0. The maximum absolute atomic E-state index is 12.2. The number of hydrogen-bond donors (Lipinski definition) is 2. The Morgan fingerprint density at radius 2 is 2.18 bits per heavy atom. The summed E-state index contributed by atoms with van der Waals surface area (Å²) in [6.45, 7) is 9.73. The van der Waals surface area contributed by atoms with Gasteiger partial charge in [-0.3, -0.25) is 9.69 Å². The highest BCUT2D eigenvalue weighted by atomic mass is 35.5. The second kappa shape index (κ2) is 9.13. The summed E-state index contributed by atoms with van der Waals surface area (Å²) < 4.78 is 0. The van der Waals surface area contributed by atoms with Gasteiger partial charge in [0.2, 0.25) is 5.91 Å². The maximum atomic E-state index is 12.2. The topological polar surface area (TPSA) is 44.4 Å². The highest BCUT2D eigenvalue weighted by Crippen LogP contribution is 2.09. The SMILES string of the molecule is Cc1ccccc1CC(C)NC(=O)CN1CCNC[C@H]1C.Cl. The van der Waals surface area contributed by atoms with Crippen LogP contribution in [0.4, 0.5) is 0 Å². The van der Waals surface area contributed by atoms with Crippen molar-refractivity contribution < 1.29 is 4.79 Å².